The number of quaternary nitrogens is 1. The smallest absolute Gasteiger partial charge is 0.0742 e. The molecule has 0 fully saturated rings. The minimum Gasteiger partial charge on any atom is -1.00 e. The van der Waals surface area contributed by atoms with Crippen molar-refractivity contribution in [2.45, 2.75) is 26.7 Å². The highest BCUT2D eigenvalue weighted by atomic mass is 35.5. The van der Waals surface area contributed by atoms with Crippen LogP contribution in [0.15, 0.2) is 30.3 Å². The molecule has 1 aromatic rings. The highest BCUT2D eigenvalue weighted by molar-refractivity contribution is 6.17. The Kier molecular flexibility index (Phi) is 14.5. The van der Waals surface area contributed by atoms with Crippen molar-refractivity contribution in [2.24, 2.45) is 0 Å². The van der Waals surface area contributed by atoms with Crippen molar-refractivity contribution >= 4 is 11.6 Å². The maximum absolute atomic E-state index is 5.53. The number of benzene rings is 1. The van der Waals surface area contributed by atoms with Crippen LogP contribution in [0, 0.1) is 0 Å². The minimum absolute atomic E-state index is 0. The molecule has 16 heavy (non-hydrogen) atoms. The lowest BCUT2D eigenvalue weighted by Crippen LogP contribution is -3.11. The average molecular weight is 264 g/mol. The third kappa shape index (κ3) is 9.02. The van der Waals surface area contributed by atoms with Gasteiger partial charge in [0.1, 0.15) is 0 Å². The maximum atomic E-state index is 5.53. The summed E-state index contributed by atoms with van der Waals surface area (Å²) in [6.45, 7) is 10.5. The highest BCUT2D eigenvalue weighted by Crippen LogP contribution is 2.00. The Morgan fingerprint density at radius 3 is 1.56 bits per heavy atom. The van der Waals surface area contributed by atoms with Gasteiger partial charge in [0.2, 0.25) is 0 Å². The van der Waals surface area contributed by atoms with Crippen LogP contribution in [-0.4, -0.2) is 19.6 Å². The summed E-state index contributed by atoms with van der Waals surface area (Å²) < 4.78 is 0. The molecule has 1 rings (SSSR count). The van der Waals surface area contributed by atoms with Crippen LogP contribution in [0.2, 0.25) is 0 Å². The van der Waals surface area contributed by atoms with Crippen LogP contribution in [0.1, 0.15) is 26.3 Å². The molecule has 0 amide bonds. The summed E-state index contributed by atoms with van der Waals surface area (Å²) in [5, 5.41) is 0. The van der Waals surface area contributed by atoms with Crippen LogP contribution in [0.5, 0.6) is 0 Å². The zero-order valence-corrected chi connectivity index (χ0v) is 12.0. The first kappa shape index (κ1) is 18.1. The largest absolute Gasteiger partial charge is 1.00 e. The Morgan fingerprint density at radius 2 is 1.38 bits per heavy atom. The van der Waals surface area contributed by atoms with E-state index in [0.29, 0.717) is 5.88 Å². The van der Waals surface area contributed by atoms with Crippen molar-refractivity contribution in [1.82, 2.24) is 0 Å². The van der Waals surface area contributed by atoms with E-state index in [1.165, 1.54) is 25.2 Å². The third-order valence-electron chi connectivity index (χ3n) is 2.50. The molecular weight excluding hydrogens is 241 g/mol. The van der Waals surface area contributed by atoms with E-state index in [-0.39, 0.29) is 12.4 Å². The zero-order valence-electron chi connectivity index (χ0n) is 10.5. The van der Waals surface area contributed by atoms with Gasteiger partial charge in [0, 0.05) is 5.88 Å². The summed E-state index contributed by atoms with van der Waals surface area (Å²) >= 11 is 5.53. The van der Waals surface area contributed by atoms with Crippen LogP contribution in [0.3, 0.4) is 0 Å². The molecule has 0 bridgehead atoms. The maximum Gasteiger partial charge on any atom is 0.0742 e. The molecule has 1 aromatic carbocycles. The molecule has 0 aliphatic heterocycles. The molecule has 0 heterocycles. The van der Waals surface area contributed by atoms with Gasteiger partial charge in [-0.05, 0) is 26.3 Å². The number of halogens is 2. The fourth-order valence-electron chi connectivity index (χ4n) is 1.32. The Labute approximate surface area is 111 Å². The topological polar surface area (TPSA) is 4.44 Å². The van der Waals surface area contributed by atoms with E-state index in [2.05, 4.69) is 20.8 Å². The van der Waals surface area contributed by atoms with Crippen molar-refractivity contribution in [3.8, 4) is 0 Å². The van der Waals surface area contributed by atoms with E-state index in [0.717, 1.165) is 0 Å². The van der Waals surface area contributed by atoms with Gasteiger partial charge < -0.3 is 17.3 Å². The summed E-state index contributed by atoms with van der Waals surface area (Å²) in [5.74, 6) is 0.612. The predicted molar refractivity (Wildman–Crippen MR) is 68.6 cm³/mol. The highest BCUT2D eigenvalue weighted by Gasteiger charge is 1.92. The molecule has 0 radical (unpaired) electrons. The van der Waals surface area contributed by atoms with Crippen LogP contribution >= 0.6 is 11.6 Å². The van der Waals surface area contributed by atoms with Gasteiger partial charge in [0.15, 0.2) is 0 Å². The first-order valence-corrected chi connectivity index (χ1v) is 6.25. The third-order valence-corrected chi connectivity index (χ3v) is 2.81. The summed E-state index contributed by atoms with van der Waals surface area (Å²) in [6.07, 6.45) is 0. The lowest BCUT2D eigenvalue weighted by molar-refractivity contribution is -0.894. The minimum atomic E-state index is 0. The Bertz CT molecular complexity index is 217. The Hall–Kier alpha value is -0.240. The summed E-state index contributed by atoms with van der Waals surface area (Å²) in [5.41, 5.74) is 1.18. The lowest BCUT2D eigenvalue weighted by atomic mass is 10.2. The molecular formula is C13H23Cl2N. The van der Waals surface area contributed by atoms with Gasteiger partial charge in [-0.2, -0.15) is 0 Å². The van der Waals surface area contributed by atoms with E-state index in [1.54, 1.807) is 4.90 Å². The first-order chi connectivity index (χ1) is 7.28. The van der Waals surface area contributed by atoms with Crippen LogP contribution in [-0.2, 0) is 5.88 Å². The predicted octanol–water partition coefficient (Wildman–Crippen LogP) is -0.640. The SMILES string of the molecule is CC[NH+](CC)CC.ClCc1ccccc1.[Cl-]. The van der Waals surface area contributed by atoms with E-state index < -0.39 is 0 Å². The molecule has 1 N–H and O–H groups in total. The van der Waals surface area contributed by atoms with Gasteiger partial charge in [-0.25, -0.2) is 0 Å². The number of rotatable bonds is 4. The summed E-state index contributed by atoms with van der Waals surface area (Å²) in [7, 11) is 0. The number of hydrogen-bond donors (Lipinski definition) is 1. The van der Waals surface area contributed by atoms with Gasteiger partial charge in [-0.15, -0.1) is 11.6 Å². The number of alkyl halides is 1. The summed E-state index contributed by atoms with van der Waals surface area (Å²) in [4.78, 5) is 1.68. The molecule has 0 saturated carbocycles. The molecule has 94 valence electrons. The van der Waals surface area contributed by atoms with E-state index >= 15 is 0 Å². The quantitative estimate of drug-likeness (QED) is 0.690. The molecule has 0 aliphatic rings. The normalized spacial score (nSPS) is 9.06. The molecule has 0 aliphatic carbocycles. The Morgan fingerprint density at radius 1 is 0.938 bits per heavy atom. The molecule has 0 aromatic heterocycles. The second kappa shape index (κ2) is 12.8. The lowest BCUT2D eigenvalue weighted by Gasteiger charge is -2.10. The zero-order chi connectivity index (χ0) is 11.5. The van der Waals surface area contributed by atoms with Crippen molar-refractivity contribution in [3.05, 3.63) is 35.9 Å². The van der Waals surface area contributed by atoms with Gasteiger partial charge in [-0.1, -0.05) is 30.3 Å². The standard InChI is InChI=1S/C7H7Cl.C6H15N.ClH/c8-6-7-4-2-1-3-5-7;1-4-7(5-2)6-3;/h1-5H,6H2;4-6H2,1-3H3;1H. The van der Waals surface area contributed by atoms with Crippen molar-refractivity contribution < 1.29 is 17.3 Å². The molecule has 0 saturated heterocycles. The molecule has 0 spiro atoms. The van der Waals surface area contributed by atoms with Gasteiger partial charge in [0.05, 0.1) is 19.6 Å². The van der Waals surface area contributed by atoms with E-state index in [9.17, 15) is 0 Å². The van der Waals surface area contributed by atoms with E-state index in [4.69, 9.17) is 11.6 Å². The van der Waals surface area contributed by atoms with Crippen molar-refractivity contribution in [2.75, 3.05) is 19.6 Å². The van der Waals surface area contributed by atoms with Crippen molar-refractivity contribution in [3.63, 3.8) is 0 Å². The molecule has 1 nitrogen and oxygen atoms in total. The monoisotopic (exact) mass is 263 g/mol. The molecule has 0 atom stereocenters. The second-order valence-electron chi connectivity index (χ2n) is 3.43. The van der Waals surface area contributed by atoms with Crippen LogP contribution < -0.4 is 17.3 Å². The number of hydrogen-bond acceptors (Lipinski definition) is 0. The van der Waals surface area contributed by atoms with Gasteiger partial charge in [0.25, 0.3) is 0 Å². The van der Waals surface area contributed by atoms with Gasteiger partial charge >= 0.3 is 0 Å². The summed E-state index contributed by atoms with van der Waals surface area (Å²) in [6, 6.07) is 9.96. The molecule has 3 heteroatoms. The average Bonchev–Trinajstić information content (AvgIpc) is 2.33. The fourth-order valence-corrected chi connectivity index (χ4v) is 1.50. The Balaban J connectivity index is 0. The first-order valence-electron chi connectivity index (χ1n) is 5.71. The van der Waals surface area contributed by atoms with E-state index in [1.807, 2.05) is 30.3 Å². The number of nitrogens with one attached hydrogen (secondary N) is 1. The van der Waals surface area contributed by atoms with Gasteiger partial charge in [-0.3, -0.25) is 0 Å². The van der Waals surface area contributed by atoms with Crippen molar-refractivity contribution in [1.29, 1.82) is 0 Å². The second-order valence-corrected chi connectivity index (χ2v) is 3.70. The molecule has 0 unspecified atom stereocenters. The van der Waals surface area contributed by atoms with Crippen LogP contribution in [0.4, 0.5) is 0 Å². The fraction of sp³-hybridized carbons (Fsp3) is 0.538. The van der Waals surface area contributed by atoms with Crippen LogP contribution in [0.25, 0.3) is 0 Å².